The molecule has 0 nitrogen and oxygen atoms in total. The highest BCUT2D eigenvalue weighted by atomic mass is 14.3. The molecule has 0 N–H and O–H groups in total. The van der Waals surface area contributed by atoms with Gasteiger partial charge < -0.3 is 0 Å². The van der Waals surface area contributed by atoms with Gasteiger partial charge in [0.25, 0.3) is 0 Å². The van der Waals surface area contributed by atoms with E-state index in [1.807, 2.05) is 0 Å². The third-order valence-corrected chi connectivity index (χ3v) is 2.63. The van der Waals surface area contributed by atoms with Gasteiger partial charge in [-0.25, -0.2) is 0 Å². The predicted octanol–water partition coefficient (Wildman–Crippen LogP) is 3.28. The largest absolute Gasteiger partial charge is 0.0648 e. The van der Waals surface area contributed by atoms with Crippen molar-refractivity contribution in [1.82, 2.24) is 0 Å². The van der Waals surface area contributed by atoms with E-state index in [1.54, 1.807) is 0 Å². The van der Waals surface area contributed by atoms with Gasteiger partial charge in [0.1, 0.15) is 0 Å². The predicted molar refractivity (Wildman–Crippen MR) is 43.2 cm³/mol. The van der Waals surface area contributed by atoms with Crippen LogP contribution in [0.2, 0.25) is 0 Å². The second kappa shape index (κ2) is 3.24. The highest BCUT2D eigenvalue weighted by Gasteiger charge is 2.23. The molecule has 0 heterocycles. The first kappa shape index (κ1) is 9.00. The van der Waals surface area contributed by atoms with Crippen molar-refractivity contribution in [1.29, 1.82) is 0 Å². The molecule has 0 atom stereocenters. The molecule has 0 aromatic rings. The van der Waals surface area contributed by atoms with Crippen molar-refractivity contribution in [2.75, 3.05) is 0 Å². The Bertz CT molecular complexity index is 68.1. The van der Waals surface area contributed by atoms with E-state index in [2.05, 4.69) is 34.6 Å². The summed E-state index contributed by atoms with van der Waals surface area (Å²) < 4.78 is 0. The van der Waals surface area contributed by atoms with Crippen molar-refractivity contribution in [3.8, 4) is 0 Å². The fraction of sp³-hybridized carbons (Fsp3) is 0.889. The topological polar surface area (TPSA) is 0 Å². The molecule has 1 radical (unpaired) electrons. The number of rotatable bonds is 3. The summed E-state index contributed by atoms with van der Waals surface area (Å²) in [6.07, 6.45) is 2.39. The van der Waals surface area contributed by atoms with Gasteiger partial charge in [0.2, 0.25) is 0 Å². The first-order chi connectivity index (χ1) is 4.06. The van der Waals surface area contributed by atoms with E-state index in [0.29, 0.717) is 11.3 Å². The Morgan fingerprint density at radius 1 is 1.22 bits per heavy atom. The molecule has 0 bridgehead atoms. The van der Waals surface area contributed by atoms with E-state index in [4.69, 9.17) is 0 Å². The molecule has 0 heteroatoms. The van der Waals surface area contributed by atoms with Gasteiger partial charge in [0.05, 0.1) is 0 Å². The molecule has 0 fully saturated rings. The van der Waals surface area contributed by atoms with Crippen LogP contribution in [0.1, 0.15) is 40.5 Å². The molecule has 55 valence electrons. The van der Waals surface area contributed by atoms with Crippen LogP contribution in [0.5, 0.6) is 0 Å². The van der Waals surface area contributed by atoms with Gasteiger partial charge in [-0.1, -0.05) is 40.5 Å². The third kappa shape index (κ3) is 2.00. The third-order valence-electron chi connectivity index (χ3n) is 2.63. The fourth-order valence-electron chi connectivity index (χ4n) is 1.07. The fourth-order valence-corrected chi connectivity index (χ4v) is 1.07. The normalized spacial score (nSPS) is 12.7. The Morgan fingerprint density at radius 3 is 1.56 bits per heavy atom. The van der Waals surface area contributed by atoms with E-state index >= 15 is 0 Å². The molecule has 0 aromatic heterocycles. The van der Waals surface area contributed by atoms with E-state index in [0.717, 1.165) is 0 Å². The summed E-state index contributed by atoms with van der Waals surface area (Å²) in [5, 5.41) is 0. The Morgan fingerprint density at radius 2 is 1.56 bits per heavy atom. The SMILES string of the molecule is [CH2]C(CC)(CC)C(C)C. The minimum absolute atomic E-state index is 0.333. The lowest BCUT2D eigenvalue weighted by Crippen LogP contribution is -2.21. The van der Waals surface area contributed by atoms with Crippen LogP contribution in [0.25, 0.3) is 0 Å². The molecule has 0 aliphatic rings. The van der Waals surface area contributed by atoms with Crippen molar-refractivity contribution in [3.63, 3.8) is 0 Å². The molecule has 0 aliphatic heterocycles. The standard InChI is InChI=1S/C9H19/c1-6-9(5,7-2)8(3)4/h8H,5-7H2,1-4H3. The van der Waals surface area contributed by atoms with Gasteiger partial charge >= 0.3 is 0 Å². The average molecular weight is 127 g/mol. The van der Waals surface area contributed by atoms with Gasteiger partial charge in [0.15, 0.2) is 0 Å². The summed E-state index contributed by atoms with van der Waals surface area (Å²) in [4.78, 5) is 0. The van der Waals surface area contributed by atoms with Gasteiger partial charge in [-0.05, 0) is 18.3 Å². The van der Waals surface area contributed by atoms with Crippen LogP contribution in [-0.2, 0) is 0 Å². The van der Waals surface area contributed by atoms with E-state index in [1.165, 1.54) is 12.8 Å². The minimum atomic E-state index is 0.333. The van der Waals surface area contributed by atoms with Crippen molar-refractivity contribution in [2.45, 2.75) is 40.5 Å². The van der Waals surface area contributed by atoms with Crippen LogP contribution in [0.15, 0.2) is 0 Å². The first-order valence-corrected chi connectivity index (χ1v) is 3.92. The van der Waals surface area contributed by atoms with E-state index < -0.39 is 0 Å². The molecule has 0 aliphatic carbocycles. The smallest absolute Gasteiger partial charge is 0.0279 e. The lowest BCUT2D eigenvalue weighted by Gasteiger charge is -2.30. The first-order valence-electron chi connectivity index (χ1n) is 3.92. The highest BCUT2D eigenvalue weighted by molar-refractivity contribution is 4.81. The second-order valence-electron chi connectivity index (χ2n) is 3.22. The van der Waals surface area contributed by atoms with Crippen LogP contribution < -0.4 is 0 Å². The van der Waals surface area contributed by atoms with Crippen molar-refractivity contribution in [3.05, 3.63) is 6.92 Å². The summed E-state index contributed by atoms with van der Waals surface area (Å²) in [5.41, 5.74) is 0.333. The quantitative estimate of drug-likeness (QED) is 0.545. The van der Waals surface area contributed by atoms with Gasteiger partial charge in [0, 0.05) is 0 Å². The van der Waals surface area contributed by atoms with Crippen LogP contribution >= 0.6 is 0 Å². The molecular weight excluding hydrogens is 108 g/mol. The molecule has 0 saturated heterocycles. The molecule has 0 amide bonds. The minimum Gasteiger partial charge on any atom is -0.0648 e. The maximum Gasteiger partial charge on any atom is -0.0279 e. The maximum absolute atomic E-state index is 4.21. The zero-order valence-electron chi connectivity index (χ0n) is 7.20. The van der Waals surface area contributed by atoms with Gasteiger partial charge in [-0.15, -0.1) is 0 Å². The summed E-state index contributed by atoms with van der Waals surface area (Å²) in [6.45, 7) is 13.1. The Kier molecular flexibility index (Phi) is 3.24. The van der Waals surface area contributed by atoms with Crippen LogP contribution in [0, 0.1) is 18.3 Å². The molecule has 0 rings (SSSR count). The number of hydrogen-bond donors (Lipinski definition) is 0. The monoisotopic (exact) mass is 127 g/mol. The highest BCUT2D eigenvalue weighted by Crippen LogP contribution is 2.33. The second-order valence-corrected chi connectivity index (χ2v) is 3.22. The van der Waals surface area contributed by atoms with E-state index in [9.17, 15) is 0 Å². The van der Waals surface area contributed by atoms with Crippen LogP contribution in [-0.4, -0.2) is 0 Å². The van der Waals surface area contributed by atoms with E-state index in [-0.39, 0.29) is 0 Å². The zero-order valence-corrected chi connectivity index (χ0v) is 7.20. The van der Waals surface area contributed by atoms with Crippen LogP contribution in [0.3, 0.4) is 0 Å². The Labute approximate surface area is 59.7 Å². The average Bonchev–Trinajstić information content (AvgIpc) is 1.86. The molecule has 0 saturated carbocycles. The summed E-state index contributed by atoms with van der Waals surface area (Å²) >= 11 is 0. The molecule has 0 aromatic carbocycles. The lowest BCUT2D eigenvalue weighted by molar-refractivity contribution is 0.240. The van der Waals surface area contributed by atoms with Crippen LogP contribution in [0.4, 0.5) is 0 Å². The Hall–Kier alpha value is 0. The van der Waals surface area contributed by atoms with Gasteiger partial charge in [-0.2, -0.15) is 0 Å². The maximum atomic E-state index is 4.21. The van der Waals surface area contributed by atoms with Crippen molar-refractivity contribution in [2.24, 2.45) is 11.3 Å². The summed E-state index contributed by atoms with van der Waals surface area (Å²) in [5.74, 6) is 0.715. The summed E-state index contributed by atoms with van der Waals surface area (Å²) in [6, 6.07) is 0. The lowest BCUT2D eigenvalue weighted by atomic mass is 9.75. The molecule has 0 spiro atoms. The summed E-state index contributed by atoms with van der Waals surface area (Å²) in [7, 11) is 0. The number of hydrogen-bond acceptors (Lipinski definition) is 0. The molecule has 0 unspecified atom stereocenters. The van der Waals surface area contributed by atoms with Crippen molar-refractivity contribution >= 4 is 0 Å². The Balaban J connectivity index is 3.92. The molecule has 9 heavy (non-hydrogen) atoms. The van der Waals surface area contributed by atoms with Gasteiger partial charge in [-0.3, -0.25) is 0 Å². The molecular formula is C9H19. The zero-order chi connectivity index (χ0) is 7.49. The van der Waals surface area contributed by atoms with Crippen molar-refractivity contribution < 1.29 is 0 Å².